The number of urea groups is 1. The Morgan fingerprint density at radius 2 is 1.62 bits per heavy atom. The van der Waals surface area contributed by atoms with E-state index in [1.165, 1.54) is 25.6 Å². The van der Waals surface area contributed by atoms with Crippen LogP contribution in [-0.2, 0) is 4.79 Å². The molecule has 3 N–H and O–H groups in total. The number of benzene rings is 2. The molecule has 0 saturated carbocycles. The van der Waals surface area contributed by atoms with Crippen molar-refractivity contribution < 1.29 is 9.59 Å². The largest absolute Gasteiger partial charge is 0.372 e. The maximum absolute atomic E-state index is 12.6. The Morgan fingerprint density at radius 1 is 0.962 bits per heavy atom. The summed E-state index contributed by atoms with van der Waals surface area (Å²) in [5.41, 5.74) is 2.81. The zero-order valence-electron chi connectivity index (χ0n) is 14.9. The SMILES string of the molecule is CNC(=O)NC(=O)[C@H](Nc1ccc(N2CCCC2)cc1)c1ccccc1. The number of carbonyl (C=O) groups is 2. The Hall–Kier alpha value is -3.02. The molecule has 3 amide bonds. The van der Waals surface area contributed by atoms with Gasteiger partial charge in [0.15, 0.2) is 0 Å². The minimum Gasteiger partial charge on any atom is -0.372 e. The molecule has 26 heavy (non-hydrogen) atoms. The molecule has 1 aliphatic heterocycles. The van der Waals surface area contributed by atoms with Gasteiger partial charge in [-0.25, -0.2) is 4.79 Å². The summed E-state index contributed by atoms with van der Waals surface area (Å²) in [6.45, 7) is 2.18. The third kappa shape index (κ3) is 4.33. The number of hydrogen-bond acceptors (Lipinski definition) is 4. The van der Waals surface area contributed by atoms with E-state index >= 15 is 0 Å². The molecule has 1 aliphatic rings. The standard InChI is InChI=1S/C20H24N4O2/c1-21-20(26)23-19(25)18(15-7-3-2-4-8-15)22-16-9-11-17(12-10-16)24-13-5-6-14-24/h2-4,7-12,18,22H,5-6,13-14H2,1H3,(H2,21,23,25,26)/t18-/m1/s1. The molecule has 0 bridgehead atoms. The Morgan fingerprint density at radius 3 is 2.23 bits per heavy atom. The van der Waals surface area contributed by atoms with E-state index in [1.54, 1.807) is 0 Å². The van der Waals surface area contributed by atoms with Gasteiger partial charge in [0.25, 0.3) is 5.91 Å². The molecule has 0 unspecified atom stereocenters. The van der Waals surface area contributed by atoms with E-state index in [4.69, 9.17) is 0 Å². The first kappa shape index (κ1) is 17.8. The second kappa shape index (κ2) is 8.38. The minimum absolute atomic E-state index is 0.404. The van der Waals surface area contributed by atoms with Crippen molar-refractivity contribution in [3.05, 3.63) is 60.2 Å². The minimum atomic E-state index is -0.661. The van der Waals surface area contributed by atoms with Crippen LogP contribution in [0.25, 0.3) is 0 Å². The number of amides is 3. The quantitative estimate of drug-likeness (QED) is 0.774. The summed E-state index contributed by atoms with van der Waals surface area (Å²) >= 11 is 0. The zero-order chi connectivity index (χ0) is 18.4. The maximum atomic E-state index is 12.6. The van der Waals surface area contributed by atoms with Crippen molar-refractivity contribution in [2.45, 2.75) is 18.9 Å². The van der Waals surface area contributed by atoms with Crippen LogP contribution in [0.15, 0.2) is 54.6 Å². The summed E-state index contributed by atoms with van der Waals surface area (Å²) in [6.07, 6.45) is 2.46. The van der Waals surface area contributed by atoms with Gasteiger partial charge in [-0.3, -0.25) is 10.1 Å². The molecular weight excluding hydrogens is 328 g/mol. The van der Waals surface area contributed by atoms with Gasteiger partial charge in [0.05, 0.1) is 0 Å². The summed E-state index contributed by atoms with van der Waals surface area (Å²) in [7, 11) is 1.48. The second-order valence-electron chi connectivity index (χ2n) is 6.30. The first-order chi connectivity index (χ1) is 12.7. The summed E-state index contributed by atoms with van der Waals surface area (Å²) in [5, 5.41) is 7.98. The fourth-order valence-corrected chi connectivity index (χ4v) is 3.10. The van der Waals surface area contributed by atoms with Gasteiger partial charge in [0, 0.05) is 31.5 Å². The molecule has 3 rings (SSSR count). The highest BCUT2D eigenvalue weighted by atomic mass is 16.2. The molecule has 2 aromatic rings. The zero-order valence-corrected chi connectivity index (χ0v) is 14.9. The van der Waals surface area contributed by atoms with Gasteiger partial charge < -0.3 is 15.5 Å². The number of carbonyl (C=O) groups excluding carboxylic acids is 2. The molecule has 0 aliphatic carbocycles. The first-order valence-corrected chi connectivity index (χ1v) is 8.86. The lowest BCUT2D eigenvalue weighted by Gasteiger charge is -2.21. The Balaban J connectivity index is 1.76. The average molecular weight is 352 g/mol. The molecule has 136 valence electrons. The van der Waals surface area contributed by atoms with Crippen molar-refractivity contribution in [2.75, 3.05) is 30.4 Å². The molecule has 1 saturated heterocycles. The highest BCUT2D eigenvalue weighted by Gasteiger charge is 2.22. The van der Waals surface area contributed by atoms with Crippen LogP contribution in [0.4, 0.5) is 16.2 Å². The fourth-order valence-electron chi connectivity index (χ4n) is 3.10. The number of nitrogens with one attached hydrogen (secondary N) is 3. The third-order valence-electron chi connectivity index (χ3n) is 4.51. The predicted octanol–water partition coefficient (Wildman–Crippen LogP) is 2.90. The normalized spacial score (nSPS) is 14.6. The van der Waals surface area contributed by atoms with Crippen LogP contribution in [-0.4, -0.2) is 32.1 Å². The van der Waals surface area contributed by atoms with Gasteiger partial charge in [-0.2, -0.15) is 0 Å². The van der Waals surface area contributed by atoms with Gasteiger partial charge in [0.2, 0.25) is 0 Å². The molecule has 0 radical (unpaired) electrons. The number of imide groups is 1. The van der Waals surface area contributed by atoms with E-state index in [1.807, 2.05) is 42.5 Å². The van der Waals surface area contributed by atoms with Crippen LogP contribution < -0.4 is 20.9 Å². The molecule has 0 aromatic heterocycles. The van der Waals surface area contributed by atoms with Crippen molar-refractivity contribution in [3.63, 3.8) is 0 Å². The van der Waals surface area contributed by atoms with Crippen molar-refractivity contribution in [2.24, 2.45) is 0 Å². The van der Waals surface area contributed by atoms with Gasteiger partial charge in [-0.05, 0) is 42.7 Å². The lowest BCUT2D eigenvalue weighted by molar-refractivity contribution is -0.120. The van der Waals surface area contributed by atoms with E-state index in [0.29, 0.717) is 0 Å². The summed E-state index contributed by atoms with van der Waals surface area (Å²) in [4.78, 5) is 26.4. The molecule has 1 atom stereocenters. The monoisotopic (exact) mass is 352 g/mol. The molecule has 6 heteroatoms. The van der Waals surface area contributed by atoms with Gasteiger partial charge >= 0.3 is 6.03 Å². The molecule has 1 fully saturated rings. The number of hydrogen-bond donors (Lipinski definition) is 3. The van der Waals surface area contributed by atoms with Gasteiger partial charge in [-0.15, -0.1) is 0 Å². The Kier molecular flexibility index (Phi) is 5.73. The molecule has 0 spiro atoms. The first-order valence-electron chi connectivity index (χ1n) is 8.86. The van der Waals surface area contributed by atoms with E-state index in [2.05, 4.69) is 33.0 Å². The van der Waals surface area contributed by atoms with E-state index < -0.39 is 18.0 Å². The van der Waals surface area contributed by atoms with Crippen LogP contribution in [0.5, 0.6) is 0 Å². The number of rotatable bonds is 5. The van der Waals surface area contributed by atoms with Crippen LogP contribution in [0.2, 0.25) is 0 Å². The van der Waals surface area contributed by atoms with Crippen molar-refractivity contribution >= 4 is 23.3 Å². The second-order valence-corrected chi connectivity index (χ2v) is 6.30. The highest BCUT2D eigenvalue weighted by Crippen LogP contribution is 2.25. The Labute approximate surface area is 153 Å². The van der Waals surface area contributed by atoms with E-state index in [0.717, 1.165) is 24.3 Å². The predicted molar refractivity (Wildman–Crippen MR) is 103 cm³/mol. The molecule has 6 nitrogen and oxygen atoms in total. The lowest BCUT2D eigenvalue weighted by atomic mass is 10.1. The summed E-state index contributed by atoms with van der Waals surface area (Å²) < 4.78 is 0. The van der Waals surface area contributed by atoms with Crippen molar-refractivity contribution in [3.8, 4) is 0 Å². The highest BCUT2D eigenvalue weighted by molar-refractivity contribution is 5.98. The number of nitrogens with zero attached hydrogens (tertiary/aromatic N) is 1. The summed E-state index contributed by atoms with van der Waals surface area (Å²) in [6, 6.07) is 16.2. The topological polar surface area (TPSA) is 73.5 Å². The lowest BCUT2D eigenvalue weighted by Crippen LogP contribution is -2.42. The smallest absolute Gasteiger partial charge is 0.321 e. The average Bonchev–Trinajstić information content (AvgIpc) is 3.22. The fraction of sp³-hybridized carbons (Fsp3) is 0.300. The van der Waals surface area contributed by atoms with Crippen LogP contribution in [0.1, 0.15) is 24.4 Å². The van der Waals surface area contributed by atoms with Crippen molar-refractivity contribution in [1.82, 2.24) is 10.6 Å². The molecular formula is C20H24N4O2. The van der Waals surface area contributed by atoms with Crippen LogP contribution in [0, 0.1) is 0 Å². The molecule has 1 heterocycles. The van der Waals surface area contributed by atoms with E-state index in [9.17, 15) is 9.59 Å². The van der Waals surface area contributed by atoms with Crippen molar-refractivity contribution in [1.29, 1.82) is 0 Å². The van der Waals surface area contributed by atoms with Crippen LogP contribution in [0.3, 0.4) is 0 Å². The number of anilines is 2. The molecule has 2 aromatic carbocycles. The third-order valence-corrected chi connectivity index (χ3v) is 4.51. The van der Waals surface area contributed by atoms with Gasteiger partial charge in [-0.1, -0.05) is 30.3 Å². The Bertz CT molecular complexity index is 740. The van der Waals surface area contributed by atoms with Crippen LogP contribution >= 0.6 is 0 Å². The van der Waals surface area contributed by atoms with Gasteiger partial charge in [0.1, 0.15) is 6.04 Å². The van der Waals surface area contributed by atoms with E-state index in [-0.39, 0.29) is 0 Å². The summed E-state index contributed by atoms with van der Waals surface area (Å²) in [5.74, 6) is -0.404. The maximum Gasteiger partial charge on any atom is 0.321 e.